The molecule has 4 nitrogen and oxygen atoms in total. The van der Waals surface area contributed by atoms with Crippen molar-refractivity contribution in [2.24, 2.45) is 0 Å². The summed E-state index contributed by atoms with van der Waals surface area (Å²) in [7, 11) is 0. The van der Waals surface area contributed by atoms with Gasteiger partial charge in [-0.05, 0) is 70.4 Å². The van der Waals surface area contributed by atoms with Gasteiger partial charge in [0.05, 0.1) is 39.1 Å². The number of nitrogens with zero attached hydrogens (tertiary/aromatic N) is 4. The van der Waals surface area contributed by atoms with Crippen LogP contribution in [-0.2, 0) is 0 Å². The Labute approximate surface area is 288 Å². The fourth-order valence-corrected chi connectivity index (χ4v) is 6.97. The van der Waals surface area contributed by atoms with Gasteiger partial charge in [-0.15, -0.1) is 0 Å². The van der Waals surface area contributed by atoms with Crippen LogP contribution in [0.25, 0.3) is 99.3 Å². The van der Waals surface area contributed by atoms with Gasteiger partial charge >= 0.3 is 0 Å². The summed E-state index contributed by atoms with van der Waals surface area (Å²) in [6, 6.07) is 57.4. The molecule has 0 aliphatic carbocycles. The second kappa shape index (κ2) is 11.4. The van der Waals surface area contributed by atoms with Gasteiger partial charge in [0.25, 0.3) is 0 Å². The average Bonchev–Trinajstić information content (AvgIpc) is 3.19. The van der Waals surface area contributed by atoms with Crippen LogP contribution in [-0.4, -0.2) is 19.9 Å². The maximum Gasteiger partial charge on any atom is 0.0972 e. The van der Waals surface area contributed by atoms with Crippen molar-refractivity contribution in [1.82, 2.24) is 19.9 Å². The maximum atomic E-state index is 5.10. The summed E-state index contributed by atoms with van der Waals surface area (Å²) in [6.07, 6.45) is 1.83. The summed E-state index contributed by atoms with van der Waals surface area (Å²) < 4.78 is 0. The van der Waals surface area contributed by atoms with Crippen LogP contribution >= 0.6 is 0 Å². The summed E-state index contributed by atoms with van der Waals surface area (Å²) in [6.45, 7) is 0. The molecule has 0 spiro atoms. The number of benzene rings is 6. The van der Waals surface area contributed by atoms with Gasteiger partial charge in [0.1, 0.15) is 0 Å². The van der Waals surface area contributed by atoms with Crippen LogP contribution in [0.3, 0.4) is 0 Å². The summed E-state index contributed by atoms with van der Waals surface area (Å²) in [4.78, 5) is 19.7. The molecule has 4 heterocycles. The number of hydrogen-bond donors (Lipinski definition) is 0. The van der Waals surface area contributed by atoms with Gasteiger partial charge in [-0.25, -0.2) is 15.0 Å². The summed E-state index contributed by atoms with van der Waals surface area (Å²) in [5, 5.41) is 6.85. The Balaban J connectivity index is 0.944. The van der Waals surface area contributed by atoms with E-state index in [1.807, 2.05) is 12.3 Å². The first-order valence-corrected chi connectivity index (χ1v) is 16.8. The standard InChI is InChI=1S/C46H28N4/c1-2-5-35-26-38(16-7-29(35)4-1)43-24-20-39-27-36(19-23-42(39)48-43)37-15-12-32-17-21-40(49-44(32)28-37)30-8-10-31(11-9-30)41-22-18-34-14-13-33-6-3-25-47-45(33)46(34)50-41/h1-28H. The molecule has 0 saturated heterocycles. The maximum absolute atomic E-state index is 5.10. The molecule has 0 saturated carbocycles. The van der Waals surface area contributed by atoms with Gasteiger partial charge in [-0.2, -0.15) is 0 Å². The Morgan fingerprint density at radius 1 is 0.280 bits per heavy atom. The van der Waals surface area contributed by atoms with Crippen molar-refractivity contribution in [2.75, 3.05) is 0 Å². The molecule has 0 N–H and O–H groups in total. The third-order valence-electron chi connectivity index (χ3n) is 9.67. The van der Waals surface area contributed by atoms with Crippen LogP contribution in [0.4, 0.5) is 0 Å². The molecular formula is C46H28N4. The van der Waals surface area contributed by atoms with Crippen LogP contribution < -0.4 is 0 Å². The van der Waals surface area contributed by atoms with Crippen LogP contribution in [0, 0.1) is 0 Å². The van der Waals surface area contributed by atoms with E-state index in [4.69, 9.17) is 15.0 Å². The van der Waals surface area contributed by atoms with Crippen LogP contribution in [0.15, 0.2) is 170 Å². The van der Waals surface area contributed by atoms with Gasteiger partial charge in [0.2, 0.25) is 0 Å². The molecule has 4 aromatic heterocycles. The van der Waals surface area contributed by atoms with Crippen molar-refractivity contribution < 1.29 is 0 Å². The number of hydrogen-bond acceptors (Lipinski definition) is 4. The van der Waals surface area contributed by atoms with E-state index in [0.717, 1.165) is 88.5 Å². The van der Waals surface area contributed by atoms with Crippen molar-refractivity contribution >= 4 is 54.4 Å². The third-order valence-corrected chi connectivity index (χ3v) is 9.67. The number of rotatable bonds is 4. The van der Waals surface area contributed by atoms with Gasteiger partial charge in [0.15, 0.2) is 0 Å². The van der Waals surface area contributed by atoms with Gasteiger partial charge < -0.3 is 0 Å². The molecular weight excluding hydrogens is 609 g/mol. The quantitative estimate of drug-likeness (QED) is 0.180. The molecule has 232 valence electrons. The molecule has 4 heteroatoms. The summed E-state index contributed by atoms with van der Waals surface area (Å²) in [5.41, 5.74) is 12.1. The first-order valence-electron chi connectivity index (χ1n) is 16.8. The highest BCUT2D eigenvalue weighted by atomic mass is 14.8. The SMILES string of the molecule is c1ccc2cc(-c3ccc4cc(-c5ccc6ccc(-c7ccc(-c8ccc9ccc%10cccnc%10c9n8)cc7)nc6c5)ccc4n3)ccc2c1. The molecule has 0 unspecified atom stereocenters. The third kappa shape index (κ3) is 4.94. The minimum Gasteiger partial charge on any atom is -0.254 e. The van der Waals surface area contributed by atoms with Gasteiger partial charge in [0, 0.05) is 44.4 Å². The minimum absolute atomic E-state index is 0.921. The highest BCUT2D eigenvalue weighted by molar-refractivity contribution is 6.03. The Morgan fingerprint density at radius 3 is 1.64 bits per heavy atom. The van der Waals surface area contributed by atoms with Gasteiger partial charge in [-0.1, -0.05) is 115 Å². The Bertz CT molecular complexity index is 2930. The summed E-state index contributed by atoms with van der Waals surface area (Å²) >= 11 is 0. The van der Waals surface area contributed by atoms with Crippen LogP contribution in [0.5, 0.6) is 0 Å². The predicted molar refractivity (Wildman–Crippen MR) is 207 cm³/mol. The van der Waals surface area contributed by atoms with Crippen LogP contribution in [0.1, 0.15) is 0 Å². The van der Waals surface area contributed by atoms with Crippen molar-refractivity contribution in [1.29, 1.82) is 0 Å². The topological polar surface area (TPSA) is 51.6 Å². The van der Waals surface area contributed by atoms with Crippen molar-refractivity contribution in [3.05, 3.63) is 170 Å². The molecule has 0 aliphatic heterocycles. The lowest BCUT2D eigenvalue weighted by atomic mass is 10.00. The lowest BCUT2D eigenvalue weighted by molar-refractivity contribution is 1.36. The number of fused-ring (bicyclic) bond motifs is 6. The molecule has 0 aliphatic rings. The molecule has 0 radical (unpaired) electrons. The number of pyridine rings is 4. The predicted octanol–water partition coefficient (Wildman–Crippen LogP) is 11.7. The van der Waals surface area contributed by atoms with Crippen LogP contribution in [0.2, 0.25) is 0 Å². The van der Waals surface area contributed by atoms with E-state index in [9.17, 15) is 0 Å². The molecule has 10 aromatic rings. The Morgan fingerprint density at radius 2 is 0.800 bits per heavy atom. The lowest BCUT2D eigenvalue weighted by Crippen LogP contribution is -1.90. The Hall–Kier alpha value is -6.78. The summed E-state index contributed by atoms with van der Waals surface area (Å²) in [5.74, 6) is 0. The number of aromatic nitrogens is 4. The minimum atomic E-state index is 0.921. The zero-order chi connectivity index (χ0) is 33.0. The van der Waals surface area contributed by atoms with Crippen molar-refractivity contribution in [3.8, 4) is 44.9 Å². The van der Waals surface area contributed by atoms with E-state index in [2.05, 4.69) is 163 Å². The zero-order valence-corrected chi connectivity index (χ0v) is 27.0. The lowest BCUT2D eigenvalue weighted by Gasteiger charge is -2.09. The van der Waals surface area contributed by atoms with E-state index in [-0.39, 0.29) is 0 Å². The molecule has 0 bridgehead atoms. The highest BCUT2D eigenvalue weighted by Gasteiger charge is 2.10. The molecule has 6 aromatic carbocycles. The van der Waals surface area contributed by atoms with E-state index < -0.39 is 0 Å². The van der Waals surface area contributed by atoms with E-state index >= 15 is 0 Å². The first kappa shape index (κ1) is 28.3. The van der Waals surface area contributed by atoms with E-state index in [1.54, 1.807) is 0 Å². The monoisotopic (exact) mass is 636 g/mol. The first-order chi connectivity index (χ1) is 24.7. The molecule has 0 atom stereocenters. The fourth-order valence-electron chi connectivity index (χ4n) is 6.97. The Kier molecular flexibility index (Phi) is 6.46. The average molecular weight is 637 g/mol. The largest absolute Gasteiger partial charge is 0.254 e. The highest BCUT2D eigenvalue weighted by Crippen LogP contribution is 2.32. The van der Waals surface area contributed by atoms with Crippen molar-refractivity contribution in [2.45, 2.75) is 0 Å². The van der Waals surface area contributed by atoms with E-state index in [0.29, 0.717) is 0 Å². The second-order valence-electron chi connectivity index (χ2n) is 12.8. The van der Waals surface area contributed by atoms with Crippen molar-refractivity contribution in [3.63, 3.8) is 0 Å². The van der Waals surface area contributed by atoms with E-state index in [1.165, 1.54) is 10.8 Å². The molecule has 0 fully saturated rings. The molecule has 50 heavy (non-hydrogen) atoms. The molecule has 0 amide bonds. The normalized spacial score (nSPS) is 11.6. The fraction of sp³-hybridized carbons (Fsp3) is 0. The van der Waals surface area contributed by atoms with Gasteiger partial charge in [-0.3, -0.25) is 4.98 Å². The molecule has 10 rings (SSSR count). The zero-order valence-electron chi connectivity index (χ0n) is 27.0. The second-order valence-corrected chi connectivity index (χ2v) is 12.8. The smallest absolute Gasteiger partial charge is 0.0972 e.